The zero-order valence-corrected chi connectivity index (χ0v) is 40.3. The van der Waals surface area contributed by atoms with E-state index in [1.165, 1.54) is 36.6 Å². The molecule has 0 spiro atoms. The Labute approximate surface area is 397 Å². The van der Waals surface area contributed by atoms with Gasteiger partial charge >= 0.3 is 0 Å². The number of fused-ring (bicyclic) bond motifs is 2. The maximum Gasteiger partial charge on any atom is 0.264 e. The lowest BCUT2D eigenvalue weighted by Crippen LogP contribution is -2.42. The van der Waals surface area contributed by atoms with Gasteiger partial charge in [0.1, 0.15) is 0 Å². The molecule has 5 N–H and O–H groups in total. The number of hydrogen-bond acceptors (Lipinski definition) is 11. The number of aliphatic imine (C=N–C) groups is 1. The molecule has 67 heavy (non-hydrogen) atoms. The number of carbonyl (C=O) groups excluding carboxylic acids is 3. The predicted octanol–water partition coefficient (Wildman–Crippen LogP) is 8.73. The molecule has 7 rings (SSSR count). The average Bonchev–Trinajstić information content (AvgIpc) is 3.91. The van der Waals surface area contributed by atoms with Crippen LogP contribution in [0.3, 0.4) is 0 Å². The van der Waals surface area contributed by atoms with E-state index in [0.717, 1.165) is 116 Å². The predicted molar refractivity (Wildman–Crippen MR) is 265 cm³/mol. The number of nitrogens with zero attached hydrogens (tertiary/aromatic N) is 7. The molecule has 0 saturated carbocycles. The van der Waals surface area contributed by atoms with Crippen LogP contribution in [-0.2, 0) is 29.0 Å². The second kappa shape index (κ2) is 23.4. The fourth-order valence-corrected chi connectivity index (χ4v) is 10.3. The van der Waals surface area contributed by atoms with Gasteiger partial charge in [-0.25, -0.2) is 13.8 Å². The number of carbonyl (C=O) groups is 3. The zero-order valence-electron chi connectivity index (χ0n) is 39.5. The summed E-state index contributed by atoms with van der Waals surface area (Å²) in [5.74, 6) is 0.640. The molecule has 14 nitrogen and oxygen atoms in total. The number of piperidine rings is 1. The fraction of sp³-hybridized carbons (Fsp3) is 0.520. The van der Waals surface area contributed by atoms with Crippen molar-refractivity contribution in [2.45, 2.75) is 117 Å². The molecule has 2 aromatic carbocycles. The summed E-state index contributed by atoms with van der Waals surface area (Å²) in [4.78, 5) is 53.7. The Morgan fingerprint density at radius 1 is 0.955 bits per heavy atom. The van der Waals surface area contributed by atoms with Gasteiger partial charge in [0.2, 0.25) is 11.8 Å². The fourth-order valence-electron chi connectivity index (χ4n) is 9.64. The van der Waals surface area contributed by atoms with E-state index in [4.69, 9.17) is 10.8 Å². The lowest BCUT2D eigenvalue weighted by atomic mass is 9.92. The summed E-state index contributed by atoms with van der Waals surface area (Å²) in [6, 6.07) is 9.37. The molecule has 4 aromatic rings. The van der Waals surface area contributed by atoms with Gasteiger partial charge in [0.15, 0.2) is 10.9 Å². The molecule has 1 saturated heterocycles. The van der Waals surface area contributed by atoms with Gasteiger partial charge in [-0.05, 0) is 99.4 Å². The second-order valence-electron chi connectivity index (χ2n) is 18.0. The van der Waals surface area contributed by atoms with E-state index in [0.29, 0.717) is 66.7 Å². The maximum absolute atomic E-state index is 14.7. The molecule has 17 heteroatoms. The largest absolute Gasteiger partial charge is 0.404 e. The average molecular weight is 940 g/mol. The smallest absolute Gasteiger partial charge is 0.264 e. The van der Waals surface area contributed by atoms with Crippen LogP contribution in [0.2, 0.25) is 0 Å². The van der Waals surface area contributed by atoms with Crippen molar-refractivity contribution in [2.75, 3.05) is 68.4 Å². The molecule has 1 fully saturated rings. The Balaban J connectivity index is 0.828. The minimum absolute atomic E-state index is 0.00257. The molecule has 0 aliphatic carbocycles. The summed E-state index contributed by atoms with van der Waals surface area (Å²) in [5, 5.41) is 15.4. The van der Waals surface area contributed by atoms with Gasteiger partial charge in [-0.2, -0.15) is 5.10 Å². The summed E-state index contributed by atoms with van der Waals surface area (Å²) in [6.07, 6.45) is 13.5. The number of likely N-dealkylation sites (tertiary alicyclic amines) is 1. The molecule has 0 unspecified atom stereocenters. The van der Waals surface area contributed by atoms with Crippen LogP contribution >= 0.6 is 11.3 Å². The number of unbranched alkanes of at least 4 members (excludes halogenated alkanes) is 6. The number of halogens is 2. The number of amides is 3. The number of rotatable bonds is 20. The van der Waals surface area contributed by atoms with E-state index < -0.39 is 6.43 Å². The van der Waals surface area contributed by atoms with Crippen molar-refractivity contribution in [3.63, 3.8) is 0 Å². The van der Waals surface area contributed by atoms with Crippen molar-refractivity contribution in [3.05, 3.63) is 86.7 Å². The summed E-state index contributed by atoms with van der Waals surface area (Å²) in [6.45, 7) is 10.6. The van der Waals surface area contributed by atoms with Crippen LogP contribution in [0.15, 0.2) is 47.7 Å². The van der Waals surface area contributed by atoms with E-state index in [1.807, 2.05) is 43.0 Å². The Kier molecular flexibility index (Phi) is 17.2. The molecule has 0 radical (unpaired) electrons. The van der Waals surface area contributed by atoms with Crippen LogP contribution in [0, 0.1) is 13.8 Å². The number of nitrogens with two attached hydrogens (primary N) is 1. The van der Waals surface area contributed by atoms with Crippen molar-refractivity contribution in [2.24, 2.45) is 10.7 Å². The molecule has 5 heterocycles. The minimum Gasteiger partial charge on any atom is -0.404 e. The van der Waals surface area contributed by atoms with Crippen LogP contribution in [-0.4, -0.2) is 101 Å². The summed E-state index contributed by atoms with van der Waals surface area (Å²) in [7, 11) is 1.59. The zero-order chi connectivity index (χ0) is 47.5. The minimum atomic E-state index is -2.72. The third kappa shape index (κ3) is 12.5. The topological polar surface area (TPSA) is 166 Å². The molecule has 3 amide bonds. The summed E-state index contributed by atoms with van der Waals surface area (Å²) in [5.41, 5.74) is 12.9. The second-order valence-corrected chi connectivity index (χ2v) is 19.3. The number of hydrogen-bond donors (Lipinski definition) is 4. The van der Waals surface area contributed by atoms with Crippen LogP contribution in [0.25, 0.3) is 5.57 Å². The van der Waals surface area contributed by atoms with Gasteiger partial charge in [0, 0.05) is 122 Å². The van der Waals surface area contributed by atoms with Gasteiger partial charge in [-0.15, -0.1) is 11.3 Å². The van der Waals surface area contributed by atoms with Crippen molar-refractivity contribution in [1.29, 1.82) is 0 Å². The molecule has 360 valence electrons. The number of anilines is 4. The van der Waals surface area contributed by atoms with E-state index in [-0.39, 0.29) is 29.3 Å². The van der Waals surface area contributed by atoms with Crippen LogP contribution in [0.5, 0.6) is 0 Å². The Hall–Kier alpha value is -5.68. The number of benzene rings is 2. The molecular formula is C50H67F2N11O3S. The molecule has 3 aliphatic rings. The first kappa shape index (κ1) is 49.2. The van der Waals surface area contributed by atoms with Crippen LogP contribution in [0.1, 0.15) is 132 Å². The summed E-state index contributed by atoms with van der Waals surface area (Å²) >= 11 is 1.46. The number of allylic oxidation sites excluding steroid dienone is 1. The van der Waals surface area contributed by atoms with E-state index in [9.17, 15) is 23.2 Å². The molecule has 2 aromatic heterocycles. The number of alkyl halides is 2. The number of aryl methyl sites for hydroxylation is 3. The van der Waals surface area contributed by atoms with E-state index in [2.05, 4.69) is 40.4 Å². The van der Waals surface area contributed by atoms with Gasteiger partial charge in [-0.3, -0.25) is 34.3 Å². The first-order valence-electron chi connectivity index (χ1n) is 23.9. The lowest BCUT2D eigenvalue weighted by molar-refractivity contribution is -0.129. The monoisotopic (exact) mass is 940 g/mol. The first-order valence-corrected chi connectivity index (χ1v) is 24.8. The van der Waals surface area contributed by atoms with Crippen LogP contribution in [0.4, 0.5) is 31.1 Å². The highest BCUT2D eigenvalue weighted by Crippen LogP contribution is 2.43. The van der Waals surface area contributed by atoms with Crippen molar-refractivity contribution < 1.29 is 23.2 Å². The Morgan fingerprint density at radius 2 is 1.70 bits per heavy atom. The lowest BCUT2D eigenvalue weighted by Gasteiger charge is -2.33. The van der Waals surface area contributed by atoms with Gasteiger partial charge in [-0.1, -0.05) is 32.1 Å². The van der Waals surface area contributed by atoms with Crippen molar-refractivity contribution in [1.82, 2.24) is 29.9 Å². The Bertz CT molecular complexity index is 2420. The van der Waals surface area contributed by atoms with Crippen LogP contribution < -0.4 is 26.6 Å². The third-order valence-corrected chi connectivity index (χ3v) is 14.0. The first-order chi connectivity index (χ1) is 32.4. The molecule has 0 bridgehead atoms. The standard InChI is InChI=1S/C50H67F2N11O3S/c1-33-25-38(14-15-40(33)49(66)58-50-57-29-34(2)67-50)55-19-10-8-6-5-7-9-11-20-56-46(65)32-60-22-16-39(17-23-60)63-44-18-24-61(35(3)64)31-43(44)48(59-63)62-21-12-13-36-26-41(37(28-53)30-54-4)42(47(51)52)27-45(36)62/h14-15,25-30,39,47,55H,5-13,16-24,31-32,53H2,1-4H3,(H,56,65)(H,57,58,66). The van der Waals surface area contributed by atoms with E-state index >= 15 is 0 Å². The Morgan fingerprint density at radius 3 is 2.37 bits per heavy atom. The van der Waals surface area contributed by atoms with Gasteiger partial charge in [0.05, 0.1) is 19.1 Å². The highest BCUT2D eigenvalue weighted by atomic mass is 32.1. The summed E-state index contributed by atoms with van der Waals surface area (Å²) < 4.78 is 31.5. The quantitative estimate of drug-likeness (QED) is 0.0501. The van der Waals surface area contributed by atoms with E-state index in [1.54, 1.807) is 26.2 Å². The van der Waals surface area contributed by atoms with Crippen molar-refractivity contribution in [3.8, 4) is 0 Å². The number of aromatic nitrogens is 3. The maximum atomic E-state index is 14.7. The van der Waals surface area contributed by atoms with Crippen molar-refractivity contribution >= 4 is 63.2 Å². The highest BCUT2D eigenvalue weighted by molar-refractivity contribution is 7.15. The SMILES string of the molecule is CN=CC(=CN)c1cc2c(cc1C(F)F)N(c1nn(C3CCN(CC(=O)NCCCCCCCCCNc4ccc(C(=O)Nc5ncc(C)s5)c(C)c4)CC3)c3c1CN(C(C)=O)CC3)CCC2. The number of nitrogens with one attached hydrogen (secondary N) is 3. The van der Waals surface area contributed by atoms with Gasteiger partial charge in [0.25, 0.3) is 12.3 Å². The molecule has 0 atom stereocenters. The molecule has 3 aliphatic heterocycles. The molecular weight excluding hydrogens is 873 g/mol. The number of thiazole rings is 1. The highest BCUT2D eigenvalue weighted by Gasteiger charge is 2.35. The third-order valence-electron chi connectivity index (χ3n) is 13.2. The normalized spacial score (nSPS) is 15.8. The van der Waals surface area contributed by atoms with Gasteiger partial charge < -0.3 is 26.2 Å².